The Morgan fingerprint density at radius 1 is 0.966 bits per heavy atom. The Bertz CT molecular complexity index is 1080. The maximum Gasteiger partial charge on any atom is 0.356 e. The molecule has 0 atom stereocenters. The molecule has 3 aromatic rings. The van der Waals surface area contributed by atoms with E-state index < -0.39 is 5.97 Å². The van der Waals surface area contributed by atoms with Crippen molar-refractivity contribution in [2.75, 3.05) is 19.0 Å². The third-order valence-electron chi connectivity index (χ3n) is 4.62. The Kier molecular flexibility index (Phi) is 5.82. The molecule has 0 saturated carbocycles. The minimum Gasteiger partial charge on any atom is -0.483 e. The average molecular weight is 392 g/mol. The van der Waals surface area contributed by atoms with E-state index in [4.69, 9.17) is 9.47 Å². The number of rotatable bonds is 5. The Morgan fingerprint density at radius 2 is 1.66 bits per heavy atom. The van der Waals surface area contributed by atoms with Crippen LogP contribution >= 0.6 is 0 Å². The van der Waals surface area contributed by atoms with E-state index >= 15 is 0 Å². The number of anilines is 1. The van der Waals surface area contributed by atoms with Gasteiger partial charge in [0.25, 0.3) is 5.91 Å². The van der Waals surface area contributed by atoms with Crippen LogP contribution in [0.15, 0.2) is 36.4 Å². The van der Waals surface area contributed by atoms with Gasteiger partial charge < -0.3 is 14.8 Å². The molecule has 6 nitrogen and oxygen atoms in total. The van der Waals surface area contributed by atoms with E-state index in [-0.39, 0.29) is 18.2 Å². The average Bonchev–Trinajstić information content (AvgIpc) is 2.68. The van der Waals surface area contributed by atoms with Crippen LogP contribution in [0.3, 0.4) is 0 Å². The van der Waals surface area contributed by atoms with Crippen LogP contribution < -0.4 is 10.1 Å². The first-order valence-electron chi connectivity index (χ1n) is 9.28. The fourth-order valence-corrected chi connectivity index (χ4v) is 3.33. The van der Waals surface area contributed by atoms with Crippen LogP contribution in [-0.4, -0.2) is 30.6 Å². The van der Waals surface area contributed by atoms with Crippen molar-refractivity contribution in [2.24, 2.45) is 0 Å². The van der Waals surface area contributed by atoms with E-state index in [1.165, 1.54) is 13.2 Å². The predicted octanol–water partition coefficient (Wildman–Crippen LogP) is 4.27. The lowest BCUT2D eigenvalue weighted by molar-refractivity contribution is -0.118. The summed E-state index contributed by atoms with van der Waals surface area (Å²) < 4.78 is 10.6. The lowest BCUT2D eigenvalue weighted by Gasteiger charge is -2.14. The molecule has 0 spiro atoms. The lowest BCUT2D eigenvalue weighted by Crippen LogP contribution is -2.21. The molecule has 0 bridgehead atoms. The number of benzene rings is 2. The number of fused-ring (bicyclic) bond motifs is 1. The quantitative estimate of drug-likeness (QED) is 0.656. The van der Waals surface area contributed by atoms with Gasteiger partial charge in [-0.25, -0.2) is 9.78 Å². The largest absolute Gasteiger partial charge is 0.483 e. The number of ether oxygens (including phenoxy) is 2. The van der Waals surface area contributed by atoms with Crippen LogP contribution in [0.1, 0.15) is 32.7 Å². The fourth-order valence-electron chi connectivity index (χ4n) is 3.33. The molecule has 0 aliphatic carbocycles. The van der Waals surface area contributed by atoms with Crippen molar-refractivity contribution in [2.45, 2.75) is 27.7 Å². The molecule has 29 heavy (non-hydrogen) atoms. The molecule has 0 aliphatic heterocycles. The smallest absolute Gasteiger partial charge is 0.356 e. The number of carbonyl (C=O) groups is 2. The Morgan fingerprint density at radius 3 is 2.31 bits per heavy atom. The number of pyridine rings is 1. The van der Waals surface area contributed by atoms with E-state index in [9.17, 15) is 9.59 Å². The topological polar surface area (TPSA) is 77.5 Å². The molecule has 1 heterocycles. The van der Waals surface area contributed by atoms with Crippen molar-refractivity contribution in [3.63, 3.8) is 0 Å². The van der Waals surface area contributed by atoms with Gasteiger partial charge in [-0.05, 0) is 51.0 Å². The van der Waals surface area contributed by atoms with E-state index in [1.54, 1.807) is 0 Å². The van der Waals surface area contributed by atoms with Gasteiger partial charge in [0.05, 0.1) is 12.6 Å². The number of hydrogen-bond donors (Lipinski definition) is 1. The van der Waals surface area contributed by atoms with Gasteiger partial charge in [0.2, 0.25) is 0 Å². The first kappa shape index (κ1) is 20.3. The standard InChI is InChI=1S/C23H24N2O4/c1-13-6-7-18-17(10-13)20(11-19(24-18)23(27)28-5)29-12-21(26)25-22-15(3)8-14(2)9-16(22)4/h6-11H,12H2,1-5H3,(H,25,26). The molecular weight excluding hydrogens is 368 g/mol. The maximum atomic E-state index is 12.5. The number of carbonyl (C=O) groups excluding carboxylic acids is 2. The molecule has 0 unspecified atom stereocenters. The van der Waals surface area contributed by atoms with Gasteiger partial charge in [0.1, 0.15) is 5.75 Å². The Balaban J connectivity index is 1.85. The van der Waals surface area contributed by atoms with Crippen molar-refractivity contribution in [1.82, 2.24) is 4.98 Å². The van der Waals surface area contributed by atoms with Gasteiger partial charge in [0, 0.05) is 17.1 Å². The summed E-state index contributed by atoms with van der Waals surface area (Å²) in [4.78, 5) is 28.8. The highest BCUT2D eigenvalue weighted by Gasteiger charge is 2.15. The van der Waals surface area contributed by atoms with Crippen molar-refractivity contribution in [3.8, 4) is 5.75 Å². The third-order valence-corrected chi connectivity index (χ3v) is 4.62. The number of hydrogen-bond acceptors (Lipinski definition) is 5. The molecule has 6 heteroatoms. The van der Waals surface area contributed by atoms with Gasteiger partial charge in [-0.2, -0.15) is 0 Å². The second-order valence-corrected chi connectivity index (χ2v) is 7.13. The molecule has 1 aromatic heterocycles. The van der Waals surface area contributed by atoms with Crippen LogP contribution in [0.5, 0.6) is 5.75 Å². The van der Waals surface area contributed by atoms with E-state index in [2.05, 4.69) is 10.3 Å². The summed E-state index contributed by atoms with van der Waals surface area (Å²) in [5.41, 5.74) is 5.66. The maximum absolute atomic E-state index is 12.5. The zero-order chi connectivity index (χ0) is 21.1. The predicted molar refractivity (Wildman–Crippen MR) is 113 cm³/mol. The highest BCUT2D eigenvalue weighted by molar-refractivity contribution is 5.96. The number of aryl methyl sites for hydroxylation is 4. The number of nitrogens with one attached hydrogen (secondary N) is 1. The van der Waals surface area contributed by atoms with Crippen LogP contribution in [0.4, 0.5) is 5.69 Å². The van der Waals surface area contributed by atoms with Gasteiger partial charge in [-0.3, -0.25) is 4.79 Å². The molecular formula is C23H24N2O4. The van der Waals surface area contributed by atoms with Gasteiger partial charge in [-0.1, -0.05) is 29.3 Å². The summed E-state index contributed by atoms with van der Waals surface area (Å²) in [5.74, 6) is -0.434. The number of nitrogens with zero attached hydrogens (tertiary/aromatic N) is 1. The van der Waals surface area contributed by atoms with Crippen LogP contribution in [0.25, 0.3) is 10.9 Å². The lowest BCUT2D eigenvalue weighted by atomic mass is 10.1. The van der Waals surface area contributed by atoms with Crippen LogP contribution in [0, 0.1) is 27.7 Å². The second-order valence-electron chi connectivity index (χ2n) is 7.13. The molecule has 0 aliphatic rings. The fraction of sp³-hybridized carbons (Fsp3) is 0.261. The van der Waals surface area contributed by atoms with Crippen molar-refractivity contribution >= 4 is 28.5 Å². The molecule has 0 fully saturated rings. The molecule has 150 valence electrons. The van der Waals surface area contributed by atoms with Crippen LogP contribution in [0.2, 0.25) is 0 Å². The first-order valence-corrected chi connectivity index (χ1v) is 9.28. The molecule has 2 aromatic carbocycles. The summed E-state index contributed by atoms with van der Waals surface area (Å²) in [7, 11) is 1.30. The molecule has 1 amide bonds. The van der Waals surface area contributed by atoms with E-state index in [1.807, 2.05) is 58.0 Å². The number of amides is 1. The minimum absolute atomic E-state index is 0.129. The van der Waals surface area contributed by atoms with Crippen LogP contribution in [-0.2, 0) is 9.53 Å². The normalized spacial score (nSPS) is 10.7. The molecule has 0 saturated heterocycles. The minimum atomic E-state index is -0.562. The third kappa shape index (κ3) is 4.54. The highest BCUT2D eigenvalue weighted by Crippen LogP contribution is 2.27. The van der Waals surface area contributed by atoms with Gasteiger partial charge >= 0.3 is 5.97 Å². The van der Waals surface area contributed by atoms with Gasteiger partial charge in [0.15, 0.2) is 12.3 Å². The molecule has 3 rings (SSSR count). The highest BCUT2D eigenvalue weighted by atomic mass is 16.5. The van der Waals surface area contributed by atoms with Crippen molar-refractivity contribution < 1.29 is 19.1 Å². The van der Waals surface area contributed by atoms with Crippen molar-refractivity contribution in [3.05, 3.63) is 64.3 Å². The summed E-state index contributed by atoms with van der Waals surface area (Å²) in [6.07, 6.45) is 0. The van der Waals surface area contributed by atoms with Gasteiger partial charge in [-0.15, -0.1) is 0 Å². The summed E-state index contributed by atoms with van der Waals surface area (Å²) in [5, 5.41) is 3.64. The Hall–Kier alpha value is -3.41. The number of aromatic nitrogens is 1. The monoisotopic (exact) mass is 392 g/mol. The number of esters is 1. The number of methoxy groups -OCH3 is 1. The summed E-state index contributed by atoms with van der Waals surface area (Å²) >= 11 is 0. The Labute approximate surface area is 169 Å². The summed E-state index contributed by atoms with van der Waals surface area (Å²) in [6.45, 7) is 7.69. The van der Waals surface area contributed by atoms with Crippen molar-refractivity contribution in [1.29, 1.82) is 0 Å². The van der Waals surface area contributed by atoms with E-state index in [0.29, 0.717) is 11.3 Å². The zero-order valence-corrected chi connectivity index (χ0v) is 17.3. The first-order chi connectivity index (χ1) is 13.8. The zero-order valence-electron chi connectivity index (χ0n) is 17.3. The molecule has 0 radical (unpaired) electrons. The van der Waals surface area contributed by atoms with E-state index in [0.717, 1.165) is 33.3 Å². The molecule has 1 N–H and O–H groups in total. The summed E-state index contributed by atoms with van der Waals surface area (Å²) in [6, 6.07) is 11.2. The SMILES string of the molecule is COC(=O)c1cc(OCC(=O)Nc2c(C)cc(C)cc2C)c2cc(C)ccc2n1. The second kappa shape index (κ2) is 8.31.